The van der Waals surface area contributed by atoms with Crippen LogP contribution in [0.15, 0.2) is 203 Å². The van der Waals surface area contributed by atoms with Crippen LogP contribution >= 0.6 is 0 Å². The molecule has 0 radical (unpaired) electrons. The van der Waals surface area contributed by atoms with Gasteiger partial charge in [-0.25, -0.2) is 4.98 Å². The molecule has 0 bridgehead atoms. The minimum atomic E-state index is 0.630. The highest BCUT2D eigenvalue weighted by molar-refractivity contribution is 6.18. The fourth-order valence-electron chi connectivity index (χ4n) is 8.06. The molecule has 0 atom stereocenters. The summed E-state index contributed by atoms with van der Waals surface area (Å²) in [5.74, 6) is 0.630. The predicted molar refractivity (Wildman–Crippen MR) is 227 cm³/mol. The van der Waals surface area contributed by atoms with E-state index in [0.29, 0.717) is 5.89 Å². The van der Waals surface area contributed by atoms with Gasteiger partial charge in [0.1, 0.15) is 16.7 Å². The summed E-state index contributed by atoms with van der Waals surface area (Å²) in [5, 5.41) is 6.76. The summed E-state index contributed by atoms with van der Waals surface area (Å²) in [6, 6.07) is 68.1. The van der Waals surface area contributed by atoms with Gasteiger partial charge in [0.2, 0.25) is 5.89 Å². The van der Waals surface area contributed by atoms with Gasteiger partial charge in [-0.05, 0) is 111 Å². The molecule has 11 aromatic rings. The number of hydrogen-bond acceptors (Lipinski definition) is 4. The predicted octanol–water partition coefficient (Wildman–Crippen LogP) is 14.5. The zero-order valence-corrected chi connectivity index (χ0v) is 29.7. The first-order valence-electron chi connectivity index (χ1n) is 18.5. The molecule has 4 nitrogen and oxygen atoms in total. The third-order valence-electron chi connectivity index (χ3n) is 10.7. The van der Waals surface area contributed by atoms with Crippen molar-refractivity contribution in [1.82, 2.24) is 4.98 Å². The third-order valence-corrected chi connectivity index (χ3v) is 10.7. The average molecular weight is 705 g/mol. The number of benzene rings is 9. The van der Waals surface area contributed by atoms with Gasteiger partial charge in [0.05, 0.1) is 0 Å². The Kier molecular flexibility index (Phi) is 7.14. The zero-order chi connectivity index (χ0) is 36.3. The van der Waals surface area contributed by atoms with E-state index in [0.717, 1.165) is 99.5 Å². The minimum Gasteiger partial charge on any atom is -0.456 e. The Bertz CT molecular complexity index is 3200. The lowest BCUT2D eigenvalue weighted by Crippen LogP contribution is -2.09. The monoisotopic (exact) mass is 704 g/mol. The van der Waals surface area contributed by atoms with Gasteiger partial charge >= 0.3 is 0 Å². The molecule has 0 spiro atoms. The van der Waals surface area contributed by atoms with Crippen molar-refractivity contribution in [2.75, 3.05) is 4.90 Å². The maximum atomic E-state index is 6.52. The summed E-state index contributed by atoms with van der Waals surface area (Å²) in [5.41, 5.74) is 12.2. The van der Waals surface area contributed by atoms with Gasteiger partial charge in [0, 0.05) is 38.8 Å². The van der Waals surface area contributed by atoms with E-state index in [1.54, 1.807) is 0 Å². The largest absolute Gasteiger partial charge is 0.456 e. The van der Waals surface area contributed by atoms with Crippen molar-refractivity contribution < 1.29 is 8.83 Å². The number of nitrogens with zero attached hydrogens (tertiary/aromatic N) is 2. The van der Waals surface area contributed by atoms with E-state index in [1.165, 1.54) is 0 Å². The van der Waals surface area contributed by atoms with Gasteiger partial charge < -0.3 is 13.7 Å². The molecule has 0 aliphatic heterocycles. The van der Waals surface area contributed by atoms with Crippen molar-refractivity contribution in [3.05, 3.63) is 194 Å². The van der Waals surface area contributed by atoms with Gasteiger partial charge in [-0.15, -0.1) is 0 Å². The molecular weight excluding hydrogens is 673 g/mol. The van der Waals surface area contributed by atoms with Crippen LogP contribution in [0.2, 0.25) is 0 Å². The molecule has 0 unspecified atom stereocenters. The number of aromatic nitrogens is 1. The average Bonchev–Trinajstić information content (AvgIpc) is 3.87. The fraction of sp³-hybridized carbons (Fsp3) is 0. The number of oxazole rings is 1. The molecule has 2 heterocycles. The second-order valence-electron chi connectivity index (χ2n) is 13.9. The highest BCUT2D eigenvalue weighted by Crippen LogP contribution is 2.41. The summed E-state index contributed by atoms with van der Waals surface area (Å²) in [6.45, 7) is 0. The van der Waals surface area contributed by atoms with Crippen LogP contribution in [0, 0.1) is 0 Å². The van der Waals surface area contributed by atoms with Gasteiger partial charge in [-0.2, -0.15) is 0 Å². The number of rotatable bonds is 6. The van der Waals surface area contributed by atoms with E-state index in [-0.39, 0.29) is 0 Å². The molecule has 0 saturated carbocycles. The Morgan fingerprint density at radius 1 is 0.382 bits per heavy atom. The summed E-state index contributed by atoms with van der Waals surface area (Å²) >= 11 is 0. The molecule has 0 amide bonds. The number of furan rings is 1. The standard InChI is InChI=1S/C51H32N2O2/c1-3-11-36(12-4-1)51-52-45-30-27-35-23-21-34-22-24-38(32-44(34)48(35)50(45)55-51)37-13-9-16-41(31-37)53(39-14-5-2-6-15-39)40-28-25-33(26-29-40)42-18-10-20-47-49(42)43-17-7-8-19-46(43)54-47/h1-32H. The SMILES string of the molecule is c1ccc(-c2nc3ccc4ccc5ccc(-c6cccc(N(c7ccccc7)c7ccc(-c8cccc9oc%10ccccc%10c89)cc7)c6)cc5c4c3o2)cc1. The van der Waals surface area contributed by atoms with Crippen LogP contribution in [-0.4, -0.2) is 4.98 Å². The first-order valence-corrected chi connectivity index (χ1v) is 18.5. The minimum absolute atomic E-state index is 0.630. The Labute approximate surface area is 317 Å². The van der Waals surface area contributed by atoms with Crippen molar-refractivity contribution in [3.8, 4) is 33.7 Å². The maximum Gasteiger partial charge on any atom is 0.227 e. The van der Waals surface area contributed by atoms with Crippen LogP contribution in [0.5, 0.6) is 0 Å². The highest BCUT2D eigenvalue weighted by atomic mass is 16.3. The first kappa shape index (κ1) is 31.1. The molecule has 0 aliphatic carbocycles. The second kappa shape index (κ2) is 12.6. The molecule has 4 heteroatoms. The van der Waals surface area contributed by atoms with Gasteiger partial charge in [0.15, 0.2) is 5.58 Å². The quantitative estimate of drug-likeness (QED) is 0.162. The Morgan fingerprint density at radius 3 is 1.89 bits per heavy atom. The van der Waals surface area contributed by atoms with Crippen LogP contribution < -0.4 is 4.90 Å². The molecule has 0 N–H and O–H groups in total. The summed E-state index contributed by atoms with van der Waals surface area (Å²) in [6.07, 6.45) is 0. The van der Waals surface area contributed by atoms with Crippen molar-refractivity contribution in [1.29, 1.82) is 0 Å². The van der Waals surface area contributed by atoms with Crippen LogP contribution in [0.4, 0.5) is 17.1 Å². The van der Waals surface area contributed by atoms with E-state index in [1.807, 2.05) is 48.5 Å². The Hall–Kier alpha value is -7.43. The second-order valence-corrected chi connectivity index (χ2v) is 13.9. The lowest BCUT2D eigenvalue weighted by Gasteiger charge is -2.26. The molecular formula is C51H32N2O2. The van der Waals surface area contributed by atoms with Crippen molar-refractivity contribution >= 4 is 71.6 Å². The smallest absolute Gasteiger partial charge is 0.227 e. The van der Waals surface area contributed by atoms with E-state index in [9.17, 15) is 0 Å². The third kappa shape index (κ3) is 5.26. The van der Waals surface area contributed by atoms with Crippen LogP contribution in [0.1, 0.15) is 0 Å². The Balaban J connectivity index is 1.01. The normalized spacial score (nSPS) is 11.6. The van der Waals surface area contributed by atoms with Crippen LogP contribution in [0.3, 0.4) is 0 Å². The van der Waals surface area contributed by atoms with E-state index >= 15 is 0 Å². The van der Waals surface area contributed by atoms with Crippen LogP contribution in [0.25, 0.3) is 88.3 Å². The molecule has 0 aliphatic rings. The number of hydrogen-bond donors (Lipinski definition) is 0. The van der Waals surface area contributed by atoms with Gasteiger partial charge in [0.25, 0.3) is 0 Å². The fourth-order valence-corrected chi connectivity index (χ4v) is 8.06. The van der Waals surface area contributed by atoms with Crippen molar-refractivity contribution in [2.45, 2.75) is 0 Å². The zero-order valence-electron chi connectivity index (χ0n) is 29.7. The maximum absolute atomic E-state index is 6.52. The summed E-state index contributed by atoms with van der Waals surface area (Å²) in [7, 11) is 0. The van der Waals surface area contributed by atoms with Gasteiger partial charge in [-0.3, -0.25) is 0 Å². The lowest BCUT2D eigenvalue weighted by molar-refractivity contribution is 0.623. The van der Waals surface area contributed by atoms with Gasteiger partial charge in [-0.1, -0.05) is 121 Å². The molecule has 55 heavy (non-hydrogen) atoms. The molecule has 0 saturated heterocycles. The summed E-state index contributed by atoms with van der Waals surface area (Å²) < 4.78 is 12.7. The Morgan fingerprint density at radius 2 is 1.02 bits per heavy atom. The van der Waals surface area contributed by atoms with E-state index in [4.69, 9.17) is 13.8 Å². The molecule has 258 valence electrons. The topological polar surface area (TPSA) is 42.4 Å². The lowest BCUT2D eigenvalue weighted by atomic mass is 9.96. The summed E-state index contributed by atoms with van der Waals surface area (Å²) in [4.78, 5) is 7.20. The number of anilines is 3. The molecule has 2 aromatic heterocycles. The van der Waals surface area contributed by atoms with Crippen LogP contribution in [-0.2, 0) is 0 Å². The molecule has 11 rings (SSSR count). The first-order chi connectivity index (χ1) is 27.2. The molecule has 9 aromatic carbocycles. The van der Waals surface area contributed by atoms with E-state index < -0.39 is 0 Å². The van der Waals surface area contributed by atoms with Crippen molar-refractivity contribution in [3.63, 3.8) is 0 Å². The molecule has 0 fully saturated rings. The van der Waals surface area contributed by atoms with Crippen molar-refractivity contribution in [2.24, 2.45) is 0 Å². The number of fused-ring (bicyclic) bond motifs is 8. The number of para-hydroxylation sites is 2. The highest BCUT2D eigenvalue weighted by Gasteiger charge is 2.17. The van der Waals surface area contributed by atoms with E-state index in [2.05, 4.69) is 150 Å².